The number of ether oxygens (including phenoxy) is 1. The highest BCUT2D eigenvalue weighted by atomic mass is 16.5. The molecule has 0 spiro atoms. The van der Waals surface area contributed by atoms with Gasteiger partial charge in [0.1, 0.15) is 0 Å². The van der Waals surface area contributed by atoms with Crippen LogP contribution in [0.2, 0.25) is 0 Å². The Morgan fingerprint density at radius 2 is 1.71 bits per heavy atom. The lowest BCUT2D eigenvalue weighted by Gasteiger charge is -2.61. The largest absolute Gasteiger partial charge is 0.396 e. The molecule has 3 nitrogen and oxygen atoms in total. The van der Waals surface area contributed by atoms with Gasteiger partial charge >= 0.3 is 0 Å². The van der Waals surface area contributed by atoms with Crippen molar-refractivity contribution in [3.05, 3.63) is 0 Å². The lowest BCUT2D eigenvalue weighted by molar-refractivity contribution is -0.133. The minimum absolute atomic E-state index is 0.0211. The van der Waals surface area contributed by atoms with E-state index < -0.39 is 0 Å². The quantitative estimate of drug-likeness (QED) is 0.588. The molecule has 0 amide bonds. The molecule has 1 heterocycles. The minimum Gasteiger partial charge on any atom is -0.396 e. The Balaban J connectivity index is 1.35. The highest BCUT2D eigenvalue weighted by Gasteiger charge is 2.67. The average Bonchev–Trinajstić information content (AvgIpc) is 3.17. The van der Waals surface area contributed by atoms with Crippen molar-refractivity contribution in [2.45, 2.75) is 117 Å². The van der Waals surface area contributed by atoms with Crippen molar-refractivity contribution in [2.24, 2.45) is 52.3 Å². The third kappa shape index (κ3) is 3.30. The van der Waals surface area contributed by atoms with Crippen LogP contribution in [0.1, 0.15) is 98.8 Å². The van der Waals surface area contributed by atoms with E-state index in [9.17, 15) is 10.2 Å². The second-order valence-corrected chi connectivity index (χ2v) is 13.5. The van der Waals surface area contributed by atoms with E-state index in [2.05, 4.69) is 34.6 Å². The van der Waals surface area contributed by atoms with Crippen LogP contribution in [-0.4, -0.2) is 34.6 Å². The molecule has 0 aromatic heterocycles. The zero-order chi connectivity index (χ0) is 22.2. The lowest BCUT2D eigenvalue weighted by atomic mass is 9.44. The van der Waals surface area contributed by atoms with Crippen LogP contribution in [0.5, 0.6) is 0 Å². The maximum Gasteiger partial charge on any atom is 0.0687 e. The first-order chi connectivity index (χ1) is 14.6. The van der Waals surface area contributed by atoms with Crippen molar-refractivity contribution in [3.63, 3.8) is 0 Å². The zero-order valence-electron chi connectivity index (χ0n) is 20.8. The fourth-order valence-electron chi connectivity index (χ4n) is 10.0. The molecule has 0 aromatic carbocycles. The molecule has 31 heavy (non-hydrogen) atoms. The van der Waals surface area contributed by atoms with E-state index >= 15 is 0 Å². The van der Waals surface area contributed by atoms with Crippen LogP contribution in [-0.2, 0) is 4.74 Å². The van der Waals surface area contributed by atoms with E-state index in [4.69, 9.17) is 4.74 Å². The van der Waals surface area contributed by atoms with Crippen LogP contribution in [0.25, 0.3) is 0 Å². The first-order valence-electron chi connectivity index (χ1n) is 13.6. The molecule has 5 rings (SSSR count). The molecule has 5 fully saturated rings. The molecule has 1 aliphatic heterocycles. The fraction of sp³-hybridized carbons (Fsp3) is 1.00. The highest BCUT2D eigenvalue weighted by Crippen LogP contribution is 2.71. The van der Waals surface area contributed by atoms with Gasteiger partial charge < -0.3 is 14.9 Å². The van der Waals surface area contributed by atoms with Crippen LogP contribution in [0.15, 0.2) is 0 Å². The van der Waals surface area contributed by atoms with Gasteiger partial charge in [0.2, 0.25) is 0 Å². The molecule has 0 radical (unpaired) electrons. The molecular formula is C28H48O3. The smallest absolute Gasteiger partial charge is 0.0687 e. The van der Waals surface area contributed by atoms with Crippen LogP contribution in [0, 0.1) is 52.3 Å². The van der Waals surface area contributed by atoms with Crippen molar-refractivity contribution in [2.75, 3.05) is 6.61 Å². The van der Waals surface area contributed by atoms with Crippen molar-refractivity contribution in [3.8, 4) is 0 Å². The van der Waals surface area contributed by atoms with Crippen molar-refractivity contribution < 1.29 is 14.9 Å². The summed E-state index contributed by atoms with van der Waals surface area (Å²) in [5.74, 6) is 4.99. The SMILES string of the molecule is C[C@H](CO)CC[C@@]1(C)O[C@H]2C[C@H]3[C@@H]4CC[C@@H]5C[C@@H](O)CC[C@]5(C)[C@H]4CC[C@]3(C)[C@H]2[C@@H]1C. The third-order valence-corrected chi connectivity index (χ3v) is 12.1. The summed E-state index contributed by atoms with van der Waals surface area (Å²) in [7, 11) is 0. The molecule has 4 saturated carbocycles. The van der Waals surface area contributed by atoms with Gasteiger partial charge in [-0.3, -0.25) is 0 Å². The summed E-state index contributed by atoms with van der Waals surface area (Å²) >= 11 is 0. The standard InChI is InChI=1S/C28H48O3/c1-17(16-29)8-13-28(5)18(2)25-24(31-28)15-23-21-7-6-19-14-20(30)9-11-26(19,3)22(21)10-12-27(23,25)4/h17-25,29-30H,6-16H2,1-5H3/t17-,18-,19+,20-,21+,22-,23-,24-,25-,26-,27-,28+/m0/s1. The molecule has 5 aliphatic rings. The summed E-state index contributed by atoms with van der Waals surface area (Å²) in [5, 5.41) is 19.8. The Bertz CT molecular complexity index is 679. The molecular weight excluding hydrogens is 384 g/mol. The maximum absolute atomic E-state index is 10.3. The Morgan fingerprint density at radius 3 is 2.45 bits per heavy atom. The Kier molecular flexibility index (Phi) is 5.63. The fourth-order valence-corrected chi connectivity index (χ4v) is 10.0. The molecule has 178 valence electrons. The van der Waals surface area contributed by atoms with E-state index in [0.29, 0.717) is 34.7 Å². The van der Waals surface area contributed by atoms with Gasteiger partial charge in [-0.05, 0) is 123 Å². The van der Waals surface area contributed by atoms with E-state index in [1.165, 1.54) is 38.5 Å². The molecule has 0 aromatic rings. The Morgan fingerprint density at radius 1 is 0.968 bits per heavy atom. The van der Waals surface area contributed by atoms with Gasteiger partial charge in [0, 0.05) is 6.61 Å². The Hall–Kier alpha value is -0.120. The van der Waals surface area contributed by atoms with Gasteiger partial charge in [-0.15, -0.1) is 0 Å². The van der Waals surface area contributed by atoms with Crippen LogP contribution < -0.4 is 0 Å². The van der Waals surface area contributed by atoms with Gasteiger partial charge in [-0.25, -0.2) is 0 Å². The summed E-state index contributed by atoms with van der Waals surface area (Å²) < 4.78 is 6.95. The van der Waals surface area contributed by atoms with Crippen molar-refractivity contribution >= 4 is 0 Å². The van der Waals surface area contributed by atoms with Crippen molar-refractivity contribution in [1.29, 1.82) is 0 Å². The van der Waals surface area contributed by atoms with Gasteiger partial charge in [-0.2, -0.15) is 0 Å². The first-order valence-corrected chi connectivity index (χ1v) is 13.6. The molecule has 0 unspecified atom stereocenters. The van der Waals surface area contributed by atoms with E-state index in [1.54, 1.807) is 0 Å². The minimum atomic E-state index is -0.0465. The van der Waals surface area contributed by atoms with E-state index in [-0.39, 0.29) is 18.3 Å². The van der Waals surface area contributed by atoms with Gasteiger partial charge in [0.05, 0.1) is 17.8 Å². The van der Waals surface area contributed by atoms with E-state index in [1.807, 2.05) is 0 Å². The molecule has 1 saturated heterocycles. The van der Waals surface area contributed by atoms with Gasteiger partial charge in [0.25, 0.3) is 0 Å². The summed E-state index contributed by atoms with van der Waals surface area (Å²) in [6.07, 6.45) is 12.6. The molecule has 3 heteroatoms. The number of hydrogen-bond donors (Lipinski definition) is 2. The predicted octanol–water partition coefficient (Wildman–Crippen LogP) is 5.82. The van der Waals surface area contributed by atoms with Crippen LogP contribution in [0.4, 0.5) is 0 Å². The number of aliphatic hydroxyl groups is 2. The number of fused-ring (bicyclic) bond motifs is 7. The highest BCUT2D eigenvalue weighted by molar-refractivity contribution is 5.15. The summed E-state index contributed by atoms with van der Waals surface area (Å²) in [4.78, 5) is 0. The van der Waals surface area contributed by atoms with Gasteiger partial charge in [0.15, 0.2) is 0 Å². The third-order valence-electron chi connectivity index (χ3n) is 12.1. The van der Waals surface area contributed by atoms with Crippen molar-refractivity contribution in [1.82, 2.24) is 0 Å². The van der Waals surface area contributed by atoms with E-state index in [0.717, 1.165) is 49.4 Å². The first kappa shape index (κ1) is 22.7. The molecule has 0 bridgehead atoms. The zero-order valence-corrected chi connectivity index (χ0v) is 20.8. The monoisotopic (exact) mass is 432 g/mol. The Labute approximate surface area is 190 Å². The topological polar surface area (TPSA) is 49.7 Å². The number of hydrogen-bond acceptors (Lipinski definition) is 3. The second-order valence-electron chi connectivity index (χ2n) is 13.5. The summed E-state index contributed by atoms with van der Waals surface area (Å²) in [6.45, 7) is 12.5. The van der Waals surface area contributed by atoms with Gasteiger partial charge in [-0.1, -0.05) is 27.7 Å². The molecule has 4 aliphatic carbocycles. The molecule has 12 atom stereocenters. The summed E-state index contributed by atoms with van der Waals surface area (Å²) in [6, 6.07) is 0. The summed E-state index contributed by atoms with van der Waals surface area (Å²) in [5.41, 5.74) is 0.873. The predicted molar refractivity (Wildman–Crippen MR) is 125 cm³/mol. The lowest BCUT2D eigenvalue weighted by Crippen LogP contribution is -2.54. The van der Waals surface area contributed by atoms with Crippen LogP contribution >= 0.6 is 0 Å². The molecule has 2 N–H and O–H groups in total. The number of aliphatic hydroxyl groups excluding tert-OH is 2. The van der Waals surface area contributed by atoms with Crippen LogP contribution in [0.3, 0.4) is 0 Å². The average molecular weight is 433 g/mol. The number of rotatable bonds is 4. The second kappa shape index (κ2) is 7.70. The normalized spacial score (nSPS) is 57.0. The maximum atomic E-state index is 10.3.